The van der Waals surface area contributed by atoms with Crippen LogP contribution in [0.25, 0.3) is 15.3 Å². The van der Waals surface area contributed by atoms with Crippen molar-refractivity contribution >= 4 is 56.8 Å². The summed E-state index contributed by atoms with van der Waals surface area (Å²) in [7, 11) is 0. The Morgan fingerprint density at radius 3 is 2.72 bits per heavy atom. The first-order valence-corrected chi connectivity index (χ1v) is 12.2. The normalized spacial score (nSPS) is 16.5. The largest absolute Gasteiger partial charge is 0.310 e. The SMILES string of the molecule is CSc1ccc([C@@H]2SCC(=O)Nc3c2c(C)nn3-c2nc3ccccc3s2)cc1. The van der Waals surface area contributed by atoms with Gasteiger partial charge in [-0.15, -0.1) is 23.5 Å². The molecule has 1 N–H and O–H groups in total. The van der Waals surface area contributed by atoms with Crippen molar-refractivity contribution in [1.29, 1.82) is 0 Å². The molecule has 0 saturated carbocycles. The lowest BCUT2D eigenvalue weighted by molar-refractivity contribution is -0.113. The van der Waals surface area contributed by atoms with Gasteiger partial charge in [-0.2, -0.15) is 9.78 Å². The van der Waals surface area contributed by atoms with Crippen molar-refractivity contribution < 1.29 is 4.79 Å². The molecule has 1 amide bonds. The van der Waals surface area contributed by atoms with E-state index < -0.39 is 0 Å². The summed E-state index contributed by atoms with van der Waals surface area (Å²) in [4.78, 5) is 18.5. The van der Waals surface area contributed by atoms with Gasteiger partial charge in [0.05, 0.1) is 26.9 Å². The molecule has 8 heteroatoms. The Balaban J connectivity index is 1.66. The molecule has 1 aliphatic heterocycles. The summed E-state index contributed by atoms with van der Waals surface area (Å²) in [5.74, 6) is 1.13. The molecule has 0 spiro atoms. The summed E-state index contributed by atoms with van der Waals surface area (Å²) in [5.41, 5.74) is 4.08. The molecule has 29 heavy (non-hydrogen) atoms. The highest BCUT2D eigenvalue weighted by Crippen LogP contribution is 2.44. The summed E-state index contributed by atoms with van der Waals surface area (Å²) in [6.07, 6.45) is 2.07. The average Bonchev–Trinajstić information content (AvgIpc) is 3.25. The van der Waals surface area contributed by atoms with Crippen molar-refractivity contribution in [2.75, 3.05) is 17.3 Å². The number of thioether (sulfide) groups is 2. The Morgan fingerprint density at radius 2 is 1.97 bits per heavy atom. The minimum absolute atomic E-state index is 0.0123. The van der Waals surface area contributed by atoms with Gasteiger partial charge in [-0.3, -0.25) is 4.79 Å². The van der Waals surface area contributed by atoms with Crippen LogP contribution in [0.1, 0.15) is 22.1 Å². The Morgan fingerprint density at radius 1 is 1.17 bits per heavy atom. The summed E-state index contributed by atoms with van der Waals surface area (Å²) in [6.45, 7) is 2.00. The predicted octanol–water partition coefficient (Wildman–Crippen LogP) is 5.29. The number of anilines is 1. The minimum Gasteiger partial charge on any atom is -0.310 e. The zero-order chi connectivity index (χ0) is 20.0. The maximum atomic E-state index is 12.5. The number of rotatable bonds is 3. The second kappa shape index (κ2) is 7.51. The number of carbonyl (C=O) groups excluding carboxylic acids is 1. The molecule has 3 heterocycles. The number of aromatic nitrogens is 3. The van der Waals surface area contributed by atoms with Gasteiger partial charge in [0.25, 0.3) is 0 Å². The predicted molar refractivity (Wildman–Crippen MR) is 123 cm³/mol. The second-order valence-corrected chi connectivity index (χ2v) is 9.72. The summed E-state index contributed by atoms with van der Waals surface area (Å²) < 4.78 is 2.89. The summed E-state index contributed by atoms with van der Waals surface area (Å²) in [5, 5.41) is 8.66. The molecule has 0 saturated heterocycles. The molecule has 1 atom stereocenters. The van der Waals surface area contributed by atoms with Gasteiger partial charge >= 0.3 is 0 Å². The lowest BCUT2D eigenvalue weighted by Gasteiger charge is -2.15. The number of nitrogens with zero attached hydrogens (tertiary/aromatic N) is 3. The highest BCUT2D eigenvalue weighted by Gasteiger charge is 2.31. The standard InChI is InChI=1S/C21H18N4OS3/c1-12-18-19(13-7-9-14(27-2)10-8-13)28-11-17(26)23-20(18)25(24-12)21-22-15-5-3-4-6-16(15)29-21/h3-10,19H,11H2,1-2H3,(H,23,26)/t19-/m0/s1. The molecule has 5 nitrogen and oxygen atoms in total. The van der Waals surface area contributed by atoms with E-state index in [1.807, 2.05) is 25.1 Å². The van der Waals surface area contributed by atoms with Gasteiger partial charge in [0.15, 0.2) is 0 Å². The molecule has 0 aliphatic carbocycles. The molecule has 2 aromatic carbocycles. The first-order chi connectivity index (χ1) is 14.1. The van der Waals surface area contributed by atoms with Crippen LogP contribution in [0, 0.1) is 6.92 Å². The molecule has 0 fully saturated rings. The number of hydrogen-bond acceptors (Lipinski definition) is 6. The lowest BCUT2D eigenvalue weighted by Crippen LogP contribution is -2.15. The molecule has 0 radical (unpaired) electrons. The number of hydrogen-bond donors (Lipinski definition) is 1. The van der Waals surface area contributed by atoms with Crippen molar-refractivity contribution in [3.63, 3.8) is 0 Å². The van der Waals surface area contributed by atoms with Gasteiger partial charge in [0, 0.05) is 10.5 Å². The molecule has 1 aliphatic rings. The van der Waals surface area contributed by atoms with Crippen LogP contribution in [0.3, 0.4) is 0 Å². The van der Waals surface area contributed by atoms with Crippen LogP contribution in [0.5, 0.6) is 0 Å². The van der Waals surface area contributed by atoms with E-state index in [2.05, 4.69) is 41.9 Å². The van der Waals surface area contributed by atoms with E-state index in [4.69, 9.17) is 10.1 Å². The van der Waals surface area contributed by atoms with Gasteiger partial charge in [-0.1, -0.05) is 35.6 Å². The summed E-state index contributed by atoms with van der Waals surface area (Å²) in [6, 6.07) is 16.6. The fourth-order valence-corrected chi connectivity index (χ4v) is 6.04. The zero-order valence-corrected chi connectivity index (χ0v) is 18.3. The number of aryl methyl sites for hydroxylation is 1. The van der Waals surface area contributed by atoms with Gasteiger partial charge in [0.2, 0.25) is 11.0 Å². The smallest absolute Gasteiger partial charge is 0.235 e. The van der Waals surface area contributed by atoms with Crippen molar-refractivity contribution in [2.45, 2.75) is 17.1 Å². The molecule has 2 aromatic heterocycles. The Labute approximate surface area is 180 Å². The van der Waals surface area contributed by atoms with Gasteiger partial charge in [-0.05, 0) is 43.0 Å². The monoisotopic (exact) mass is 438 g/mol. The van der Waals surface area contributed by atoms with E-state index in [0.29, 0.717) is 5.75 Å². The van der Waals surface area contributed by atoms with Crippen LogP contribution < -0.4 is 5.32 Å². The van der Waals surface area contributed by atoms with E-state index in [9.17, 15) is 4.79 Å². The first-order valence-electron chi connectivity index (χ1n) is 9.15. The average molecular weight is 439 g/mol. The van der Waals surface area contributed by atoms with Crippen LogP contribution in [-0.4, -0.2) is 32.7 Å². The third-order valence-electron chi connectivity index (χ3n) is 4.89. The molecule has 0 bridgehead atoms. The highest BCUT2D eigenvalue weighted by atomic mass is 32.2. The summed E-state index contributed by atoms with van der Waals surface area (Å²) >= 11 is 4.94. The number of nitrogens with one attached hydrogen (secondary N) is 1. The molecule has 146 valence electrons. The van der Waals surface area contributed by atoms with E-state index >= 15 is 0 Å². The van der Waals surface area contributed by atoms with Crippen LogP contribution in [0.4, 0.5) is 5.82 Å². The fourth-order valence-electron chi connectivity index (χ4n) is 3.51. The van der Waals surface area contributed by atoms with Crippen LogP contribution >= 0.6 is 34.9 Å². The van der Waals surface area contributed by atoms with Crippen LogP contribution in [-0.2, 0) is 4.79 Å². The van der Waals surface area contributed by atoms with Crippen molar-refractivity contribution in [3.8, 4) is 5.13 Å². The van der Waals surface area contributed by atoms with Gasteiger partial charge in [-0.25, -0.2) is 4.98 Å². The number of benzene rings is 2. The van der Waals surface area contributed by atoms with Crippen LogP contribution in [0.15, 0.2) is 53.4 Å². The minimum atomic E-state index is -0.0123. The number of thiazole rings is 1. The third-order valence-corrected chi connectivity index (χ3v) is 7.92. The zero-order valence-electron chi connectivity index (χ0n) is 15.9. The third kappa shape index (κ3) is 3.35. The Hall–Kier alpha value is -2.29. The van der Waals surface area contributed by atoms with E-state index in [-0.39, 0.29) is 11.2 Å². The van der Waals surface area contributed by atoms with Crippen molar-refractivity contribution in [3.05, 3.63) is 65.4 Å². The fraction of sp³-hybridized carbons (Fsp3) is 0.190. The maximum Gasteiger partial charge on any atom is 0.235 e. The number of fused-ring (bicyclic) bond motifs is 2. The molecule has 4 aromatic rings. The van der Waals surface area contributed by atoms with E-state index in [1.54, 1.807) is 39.5 Å². The lowest BCUT2D eigenvalue weighted by atomic mass is 10.0. The Bertz CT molecular complexity index is 1180. The Kier molecular flexibility index (Phi) is 4.85. The molecular weight excluding hydrogens is 420 g/mol. The quantitative estimate of drug-likeness (QED) is 0.441. The first kappa shape index (κ1) is 18.7. The van der Waals surface area contributed by atoms with E-state index in [1.165, 1.54) is 10.5 Å². The second-order valence-electron chi connectivity index (χ2n) is 6.74. The van der Waals surface area contributed by atoms with Crippen LogP contribution in [0.2, 0.25) is 0 Å². The van der Waals surface area contributed by atoms with E-state index in [0.717, 1.165) is 32.4 Å². The number of amides is 1. The molecule has 0 unspecified atom stereocenters. The van der Waals surface area contributed by atoms with Gasteiger partial charge < -0.3 is 5.32 Å². The van der Waals surface area contributed by atoms with Crippen molar-refractivity contribution in [1.82, 2.24) is 14.8 Å². The topological polar surface area (TPSA) is 59.8 Å². The highest BCUT2D eigenvalue weighted by molar-refractivity contribution is 8.00. The van der Waals surface area contributed by atoms with Crippen molar-refractivity contribution in [2.24, 2.45) is 0 Å². The number of para-hydroxylation sites is 1. The maximum absolute atomic E-state index is 12.5. The van der Waals surface area contributed by atoms with Gasteiger partial charge in [0.1, 0.15) is 5.82 Å². The molecule has 5 rings (SSSR count). The molecular formula is C21H18N4OS3. The number of carbonyl (C=O) groups is 1.